The minimum Gasteiger partial charge on any atom is -0.462 e. The number of allylic oxidation sites excluding steroid dienone is 8. The lowest BCUT2D eigenvalue weighted by molar-refractivity contribution is -0.167. The van der Waals surface area contributed by atoms with Crippen LogP contribution < -0.4 is 0 Å². The highest BCUT2D eigenvalue weighted by Crippen LogP contribution is 2.15. The number of carbonyl (C=O) groups is 3. The highest BCUT2D eigenvalue weighted by molar-refractivity contribution is 5.71. The molecule has 0 amide bonds. The topological polar surface area (TPSA) is 78.9 Å². The molecular weight excluding hydrogens is 817 g/mol. The number of esters is 3. The zero-order chi connectivity index (χ0) is 47.9. The van der Waals surface area contributed by atoms with E-state index < -0.39 is 6.10 Å². The Kier molecular flexibility index (Phi) is 52.8. The van der Waals surface area contributed by atoms with E-state index >= 15 is 0 Å². The van der Waals surface area contributed by atoms with Crippen molar-refractivity contribution in [1.29, 1.82) is 0 Å². The van der Waals surface area contributed by atoms with Crippen molar-refractivity contribution in [3.63, 3.8) is 0 Å². The van der Waals surface area contributed by atoms with Crippen LogP contribution in [0.3, 0.4) is 0 Å². The SMILES string of the molecule is CCCCCC/C=C\C/C=C\CCCCCCCC(=O)OC(COC(=O)CCCCCCC/C=C\CCCCCCCC)COC(=O)CCCCCCCCC/C=C\CCCCCCCC. The van der Waals surface area contributed by atoms with Crippen LogP contribution in [-0.2, 0) is 28.6 Å². The van der Waals surface area contributed by atoms with Gasteiger partial charge < -0.3 is 14.2 Å². The second-order valence-electron chi connectivity index (χ2n) is 19.2. The van der Waals surface area contributed by atoms with Crippen molar-refractivity contribution in [1.82, 2.24) is 0 Å². The fraction of sp³-hybridized carbons (Fsp3) is 0.817. The molecule has 0 radical (unpaired) electrons. The summed E-state index contributed by atoms with van der Waals surface area (Å²) in [7, 11) is 0. The first-order valence-electron chi connectivity index (χ1n) is 28.6. The molecule has 1 atom stereocenters. The van der Waals surface area contributed by atoms with Crippen LogP contribution in [0.2, 0.25) is 0 Å². The summed E-state index contributed by atoms with van der Waals surface area (Å²) in [6.45, 7) is 6.62. The zero-order valence-electron chi connectivity index (χ0n) is 44.0. The highest BCUT2D eigenvalue weighted by atomic mass is 16.6. The molecule has 0 aliphatic heterocycles. The smallest absolute Gasteiger partial charge is 0.306 e. The summed E-state index contributed by atoms with van der Waals surface area (Å²) in [5.74, 6) is -0.897. The van der Waals surface area contributed by atoms with Gasteiger partial charge in [0.2, 0.25) is 0 Å². The molecule has 0 aromatic rings. The van der Waals surface area contributed by atoms with E-state index in [0.29, 0.717) is 19.3 Å². The summed E-state index contributed by atoms with van der Waals surface area (Å²) in [6.07, 6.45) is 66.6. The predicted molar refractivity (Wildman–Crippen MR) is 284 cm³/mol. The van der Waals surface area contributed by atoms with Crippen LogP contribution in [0.1, 0.15) is 297 Å². The number of hydrogen-bond acceptors (Lipinski definition) is 6. The lowest BCUT2D eigenvalue weighted by atomic mass is 10.1. The first kappa shape index (κ1) is 63.4. The molecular formula is C60H108O6. The predicted octanol–water partition coefficient (Wildman–Crippen LogP) is 19.0. The molecule has 0 aromatic heterocycles. The fourth-order valence-corrected chi connectivity index (χ4v) is 8.17. The van der Waals surface area contributed by atoms with E-state index in [2.05, 4.69) is 69.4 Å². The molecule has 384 valence electrons. The van der Waals surface area contributed by atoms with Crippen LogP contribution in [0.25, 0.3) is 0 Å². The van der Waals surface area contributed by atoms with Gasteiger partial charge in [-0.3, -0.25) is 14.4 Å². The van der Waals surface area contributed by atoms with Crippen molar-refractivity contribution in [3.05, 3.63) is 48.6 Å². The molecule has 0 saturated heterocycles. The molecule has 0 rings (SSSR count). The molecule has 0 aromatic carbocycles. The highest BCUT2D eigenvalue weighted by Gasteiger charge is 2.19. The second-order valence-corrected chi connectivity index (χ2v) is 19.2. The van der Waals surface area contributed by atoms with Crippen LogP contribution in [0, 0.1) is 0 Å². The van der Waals surface area contributed by atoms with Crippen molar-refractivity contribution in [2.45, 2.75) is 303 Å². The molecule has 0 spiro atoms. The molecule has 6 heteroatoms. The monoisotopic (exact) mass is 925 g/mol. The number of rotatable bonds is 52. The van der Waals surface area contributed by atoms with E-state index in [9.17, 15) is 14.4 Å². The Bertz CT molecular complexity index is 1150. The Morgan fingerprint density at radius 2 is 0.545 bits per heavy atom. The summed E-state index contributed by atoms with van der Waals surface area (Å²) >= 11 is 0. The van der Waals surface area contributed by atoms with E-state index in [1.165, 1.54) is 167 Å². The van der Waals surface area contributed by atoms with E-state index in [0.717, 1.165) is 89.9 Å². The van der Waals surface area contributed by atoms with Crippen LogP contribution in [0.5, 0.6) is 0 Å². The summed E-state index contributed by atoms with van der Waals surface area (Å²) < 4.78 is 16.9. The molecule has 0 N–H and O–H groups in total. The molecule has 6 nitrogen and oxygen atoms in total. The van der Waals surface area contributed by atoms with Gasteiger partial charge in [-0.1, -0.05) is 223 Å². The van der Waals surface area contributed by atoms with Crippen LogP contribution in [0.15, 0.2) is 48.6 Å². The molecule has 0 bridgehead atoms. The lowest BCUT2D eigenvalue weighted by Gasteiger charge is -2.18. The molecule has 1 unspecified atom stereocenters. The Balaban J connectivity index is 4.40. The van der Waals surface area contributed by atoms with E-state index in [1.54, 1.807) is 0 Å². The molecule has 0 saturated carbocycles. The Hall–Kier alpha value is -2.63. The molecule has 0 heterocycles. The maximum atomic E-state index is 12.8. The first-order chi connectivity index (χ1) is 32.5. The van der Waals surface area contributed by atoms with Crippen LogP contribution in [0.4, 0.5) is 0 Å². The Morgan fingerprint density at radius 3 is 0.864 bits per heavy atom. The van der Waals surface area contributed by atoms with Gasteiger partial charge in [0.25, 0.3) is 0 Å². The largest absolute Gasteiger partial charge is 0.462 e. The zero-order valence-corrected chi connectivity index (χ0v) is 44.0. The molecule has 0 aliphatic rings. The van der Waals surface area contributed by atoms with Crippen molar-refractivity contribution in [2.24, 2.45) is 0 Å². The number of carbonyl (C=O) groups excluding carboxylic acids is 3. The average molecular weight is 926 g/mol. The minimum atomic E-state index is -0.785. The van der Waals surface area contributed by atoms with Crippen molar-refractivity contribution < 1.29 is 28.6 Å². The Morgan fingerprint density at radius 1 is 0.303 bits per heavy atom. The number of hydrogen-bond donors (Lipinski definition) is 0. The van der Waals surface area contributed by atoms with Crippen LogP contribution >= 0.6 is 0 Å². The first-order valence-corrected chi connectivity index (χ1v) is 28.6. The van der Waals surface area contributed by atoms with Gasteiger partial charge in [0.15, 0.2) is 6.10 Å². The van der Waals surface area contributed by atoms with Crippen molar-refractivity contribution in [3.8, 4) is 0 Å². The third-order valence-electron chi connectivity index (χ3n) is 12.5. The third-order valence-corrected chi connectivity index (χ3v) is 12.5. The van der Waals surface area contributed by atoms with Crippen molar-refractivity contribution >= 4 is 17.9 Å². The summed E-state index contributed by atoms with van der Waals surface area (Å²) in [4.78, 5) is 38.1. The van der Waals surface area contributed by atoms with E-state index in [-0.39, 0.29) is 31.1 Å². The second kappa shape index (κ2) is 55.0. The van der Waals surface area contributed by atoms with Crippen LogP contribution in [-0.4, -0.2) is 37.2 Å². The van der Waals surface area contributed by atoms with Gasteiger partial charge in [-0.05, 0) is 103 Å². The maximum Gasteiger partial charge on any atom is 0.306 e. The van der Waals surface area contributed by atoms with Gasteiger partial charge in [0.05, 0.1) is 0 Å². The molecule has 0 fully saturated rings. The number of unbranched alkanes of at least 4 members (excludes halogenated alkanes) is 33. The summed E-state index contributed by atoms with van der Waals surface area (Å²) in [5.41, 5.74) is 0. The van der Waals surface area contributed by atoms with Gasteiger partial charge >= 0.3 is 17.9 Å². The Labute approximate surface area is 409 Å². The average Bonchev–Trinajstić information content (AvgIpc) is 3.31. The quantitative estimate of drug-likeness (QED) is 0.0262. The van der Waals surface area contributed by atoms with Gasteiger partial charge in [0, 0.05) is 19.3 Å². The van der Waals surface area contributed by atoms with Gasteiger partial charge in [-0.25, -0.2) is 0 Å². The van der Waals surface area contributed by atoms with E-state index in [4.69, 9.17) is 14.2 Å². The summed E-state index contributed by atoms with van der Waals surface area (Å²) in [5, 5.41) is 0. The minimum absolute atomic E-state index is 0.0824. The summed E-state index contributed by atoms with van der Waals surface area (Å²) in [6, 6.07) is 0. The lowest BCUT2D eigenvalue weighted by Crippen LogP contribution is -2.30. The van der Waals surface area contributed by atoms with Gasteiger partial charge in [-0.2, -0.15) is 0 Å². The molecule has 0 aliphatic carbocycles. The van der Waals surface area contributed by atoms with Gasteiger partial charge in [0.1, 0.15) is 13.2 Å². The normalized spacial score (nSPS) is 12.3. The van der Waals surface area contributed by atoms with Gasteiger partial charge in [-0.15, -0.1) is 0 Å². The molecule has 66 heavy (non-hydrogen) atoms. The number of ether oxygens (including phenoxy) is 3. The standard InChI is InChI=1S/C60H108O6/c1-4-7-10-13-16-19-22-25-28-30-33-35-38-41-44-47-50-53-59(62)65-56-57(55-64-58(61)52-49-46-43-40-37-34-31-27-24-21-18-15-12-9-6-3)66-60(63)54-51-48-45-42-39-36-32-29-26-23-20-17-14-11-8-5-2/h20,23,25,27-29,31-32,57H,4-19,21-22,24,26,30,33-56H2,1-3H3/b23-20-,28-25-,31-27-,32-29-. The third kappa shape index (κ3) is 52.3. The maximum absolute atomic E-state index is 12.8. The van der Waals surface area contributed by atoms with E-state index in [1.807, 2.05) is 0 Å². The van der Waals surface area contributed by atoms with Crippen molar-refractivity contribution in [2.75, 3.05) is 13.2 Å². The fourth-order valence-electron chi connectivity index (χ4n) is 8.17.